The summed E-state index contributed by atoms with van der Waals surface area (Å²) >= 11 is 0. The van der Waals surface area contributed by atoms with E-state index >= 15 is 0 Å². The van der Waals surface area contributed by atoms with Crippen molar-refractivity contribution in [3.05, 3.63) is 0 Å². The number of ether oxygens (including phenoxy) is 4. The molecule has 5 atom stereocenters. The number of aliphatic hydroxyl groups is 1. The molecule has 8 nitrogen and oxygen atoms in total. The van der Waals surface area contributed by atoms with Gasteiger partial charge in [-0.25, -0.2) is 4.79 Å². The predicted molar refractivity (Wildman–Crippen MR) is 83.6 cm³/mol. The van der Waals surface area contributed by atoms with Crippen LogP contribution < -0.4 is 0 Å². The molecule has 0 aromatic rings. The van der Waals surface area contributed by atoms with E-state index in [2.05, 4.69) is 0 Å². The minimum absolute atomic E-state index is 0.00366. The van der Waals surface area contributed by atoms with Gasteiger partial charge < -0.3 is 29.2 Å². The number of ketones is 1. The van der Waals surface area contributed by atoms with Crippen LogP contribution in [0, 0.1) is 17.3 Å². The minimum atomic E-state index is -2.33. The highest BCUT2D eigenvalue weighted by Gasteiger charge is 2.70. The number of carboxylic acid groups (broad SMARTS) is 1. The SMILES string of the molecule is COCCOCO[C@@H]1CCC[C@@H]2CC(=O)C[C@@H]3C(O)(C(=O)O)OC[C@]231. The number of hydrogen-bond donors (Lipinski definition) is 2. The highest BCUT2D eigenvalue weighted by atomic mass is 16.7. The molecule has 0 aromatic carbocycles. The third-order valence-corrected chi connectivity index (χ3v) is 6.04. The van der Waals surface area contributed by atoms with Gasteiger partial charge in [0, 0.05) is 31.3 Å². The van der Waals surface area contributed by atoms with Crippen molar-refractivity contribution in [2.24, 2.45) is 17.3 Å². The van der Waals surface area contributed by atoms with Crippen molar-refractivity contribution in [2.45, 2.75) is 44.0 Å². The Morgan fingerprint density at radius 3 is 2.84 bits per heavy atom. The molecular weight excluding hydrogens is 332 g/mol. The first-order valence-corrected chi connectivity index (χ1v) is 8.75. The van der Waals surface area contributed by atoms with E-state index in [9.17, 15) is 19.8 Å². The van der Waals surface area contributed by atoms with Crippen LogP contribution >= 0.6 is 0 Å². The third-order valence-electron chi connectivity index (χ3n) is 6.04. The van der Waals surface area contributed by atoms with Gasteiger partial charge in [0.15, 0.2) is 0 Å². The maximum absolute atomic E-state index is 12.2. The molecule has 2 N–H and O–H groups in total. The highest BCUT2D eigenvalue weighted by molar-refractivity contribution is 5.83. The highest BCUT2D eigenvalue weighted by Crippen LogP contribution is 2.60. The van der Waals surface area contributed by atoms with Gasteiger partial charge in [-0.15, -0.1) is 0 Å². The quantitative estimate of drug-likeness (QED) is 0.502. The van der Waals surface area contributed by atoms with E-state index in [0.717, 1.165) is 19.3 Å². The summed E-state index contributed by atoms with van der Waals surface area (Å²) in [4.78, 5) is 23.8. The first-order chi connectivity index (χ1) is 11.9. The number of carbonyl (C=O) groups is 2. The third kappa shape index (κ3) is 3.10. The molecule has 1 heterocycles. The molecule has 1 unspecified atom stereocenters. The number of carboxylic acids is 1. The summed E-state index contributed by atoms with van der Waals surface area (Å²) in [5, 5.41) is 20.1. The van der Waals surface area contributed by atoms with Crippen molar-refractivity contribution in [1.29, 1.82) is 0 Å². The van der Waals surface area contributed by atoms with Crippen molar-refractivity contribution < 1.29 is 38.7 Å². The molecule has 0 radical (unpaired) electrons. The summed E-state index contributed by atoms with van der Waals surface area (Å²) in [6.07, 6.45) is 2.52. The Labute approximate surface area is 146 Å². The van der Waals surface area contributed by atoms with Crippen LogP contribution in [0.25, 0.3) is 0 Å². The zero-order chi connectivity index (χ0) is 18.1. The summed E-state index contributed by atoms with van der Waals surface area (Å²) in [7, 11) is 1.58. The number of methoxy groups -OCH3 is 1. The van der Waals surface area contributed by atoms with E-state index in [4.69, 9.17) is 18.9 Å². The van der Waals surface area contributed by atoms with E-state index in [1.165, 1.54) is 0 Å². The minimum Gasteiger partial charge on any atom is -0.477 e. The second-order valence-corrected chi connectivity index (χ2v) is 7.20. The number of rotatable bonds is 7. The fraction of sp³-hybridized carbons (Fsp3) is 0.882. The molecule has 2 saturated carbocycles. The Morgan fingerprint density at radius 1 is 1.32 bits per heavy atom. The molecular formula is C17H26O8. The smallest absolute Gasteiger partial charge is 0.364 e. The van der Waals surface area contributed by atoms with Gasteiger partial charge in [0.2, 0.25) is 0 Å². The second-order valence-electron chi connectivity index (χ2n) is 7.20. The molecule has 1 saturated heterocycles. The number of Topliss-reactive ketones (excluding diaryl/α,β-unsaturated/α-hetero) is 1. The Bertz CT molecular complexity index is 523. The van der Waals surface area contributed by atoms with Crippen molar-refractivity contribution in [1.82, 2.24) is 0 Å². The molecule has 3 fully saturated rings. The number of aliphatic carboxylic acids is 1. The van der Waals surface area contributed by atoms with Gasteiger partial charge in [-0.05, 0) is 18.8 Å². The molecule has 142 valence electrons. The Hall–Kier alpha value is -1.06. The van der Waals surface area contributed by atoms with Crippen LogP contribution in [-0.4, -0.2) is 67.6 Å². The van der Waals surface area contributed by atoms with Crippen LogP contribution in [0.2, 0.25) is 0 Å². The largest absolute Gasteiger partial charge is 0.477 e. The van der Waals surface area contributed by atoms with E-state index in [0.29, 0.717) is 19.6 Å². The fourth-order valence-corrected chi connectivity index (χ4v) is 4.86. The maximum atomic E-state index is 12.2. The van der Waals surface area contributed by atoms with Crippen LogP contribution in [0.3, 0.4) is 0 Å². The molecule has 1 aliphatic heterocycles. The Kier molecular flexibility index (Phi) is 5.45. The van der Waals surface area contributed by atoms with Gasteiger partial charge in [0.25, 0.3) is 5.79 Å². The van der Waals surface area contributed by atoms with Gasteiger partial charge >= 0.3 is 5.97 Å². The molecule has 3 aliphatic rings. The lowest BCUT2D eigenvalue weighted by Crippen LogP contribution is -2.59. The zero-order valence-electron chi connectivity index (χ0n) is 14.4. The molecule has 1 spiro atoms. The van der Waals surface area contributed by atoms with Crippen LogP contribution in [0.4, 0.5) is 0 Å². The summed E-state index contributed by atoms with van der Waals surface area (Å²) < 4.78 is 21.6. The molecule has 25 heavy (non-hydrogen) atoms. The van der Waals surface area contributed by atoms with Crippen LogP contribution in [0.15, 0.2) is 0 Å². The number of hydrogen-bond acceptors (Lipinski definition) is 7. The summed E-state index contributed by atoms with van der Waals surface area (Å²) in [6, 6.07) is 0. The monoisotopic (exact) mass is 358 g/mol. The van der Waals surface area contributed by atoms with Crippen molar-refractivity contribution >= 4 is 11.8 Å². The normalized spacial score (nSPS) is 40.6. The molecule has 0 amide bonds. The molecule has 8 heteroatoms. The average Bonchev–Trinajstić information content (AvgIpc) is 2.88. The first kappa shape index (κ1) is 18.7. The predicted octanol–water partition coefficient (Wildman–Crippen LogP) is 0.561. The van der Waals surface area contributed by atoms with Crippen molar-refractivity contribution in [2.75, 3.05) is 33.7 Å². The van der Waals surface area contributed by atoms with Crippen molar-refractivity contribution in [3.8, 4) is 0 Å². The summed E-state index contributed by atoms with van der Waals surface area (Å²) in [5.74, 6) is -4.63. The second kappa shape index (κ2) is 7.28. The topological polar surface area (TPSA) is 112 Å². The van der Waals surface area contributed by atoms with E-state index in [1.807, 2.05) is 0 Å². The maximum Gasteiger partial charge on any atom is 0.364 e. The standard InChI is InChI=1S/C17H26O8/c1-22-5-6-23-10-24-14-4-2-3-11-7-12(18)8-13-16(11,14)9-25-17(13,21)15(19)20/h11,13-14,21H,2-10H2,1H3,(H,19,20)/t11-,13+,14-,16+,17?/m1/s1. The van der Waals surface area contributed by atoms with Gasteiger partial charge in [0.1, 0.15) is 12.6 Å². The molecule has 3 rings (SSSR count). The van der Waals surface area contributed by atoms with Crippen LogP contribution in [0.1, 0.15) is 32.1 Å². The van der Waals surface area contributed by atoms with Gasteiger partial charge in [-0.2, -0.15) is 0 Å². The molecule has 0 aromatic heterocycles. The van der Waals surface area contributed by atoms with Gasteiger partial charge in [-0.3, -0.25) is 4.79 Å². The van der Waals surface area contributed by atoms with E-state index in [-0.39, 0.29) is 37.6 Å². The van der Waals surface area contributed by atoms with Crippen molar-refractivity contribution in [3.63, 3.8) is 0 Å². The lowest BCUT2D eigenvalue weighted by molar-refractivity contribution is -0.225. The van der Waals surface area contributed by atoms with Gasteiger partial charge in [-0.1, -0.05) is 6.42 Å². The lowest BCUT2D eigenvalue weighted by Gasteiger charge is -2.52. The summed E-state index contributed by atoms with van der Waals surface area (Å²) in [6.45, 7) is 1.01. The molecule has 0 bridgehead atoms. The van der Waals surface area contributed by atoms with Crippen LogP contribution in [-0.2, 0) is 28.5 Å². The van der Waals surface area contributed by atoms with Crippen LogP contribution in [0.5, 0.6) is 0 Å². The lowest BCUT2D eigenvalue weighted by atomic mass is 9.52. The number of carbonyl (C=O) groups excluding carboxylic acids is 1. The Morgan fingerprint density at radius 2 is 2.12 bits per heavy atom. The fourth-order valence-electron chi connectivity index (χ4n) is 4.86. The van der Waals surface area contributed by atoms with E-state index < -0.39 is 23.1 Å². The average molecular weight is 358 g/mol. The Balaban J connectivity index is 1.81. The summed E-state index contributed by atoms with van der Waals surface area (Å²) in [5.41, 5.74) is -0.663. The van der Waals surface area contributed by atoms with E-state index in [1.54, 1.807) is 7.11 Å². The van der Waals surface area contributed by atoms with Gasteiger partial charge in [0.05, 0.1) is 25.9 Å². The zero-order valence-corrected chi connectivity index (χ0v) is 14.4. The molecule has 2 aliphatic carbocycles. The first-order valence-electron chi connectivity index (χ1n) is 8.75.